The number of hydrogen-bond acceptors (Lipinski definition) is 3. The van der Waals surface area contributed by atoms with E-state index in [1.807, 2.05) is 26.8 Å². The summed E-state index contributed by atoms with van der Waals surface area (Å²) in [5.41, 5.74) is 1.10. The predicted octanol–water partition coefficient (Wildman–Crippen LogP) is 7.42. The Bertz CT molecular complexity index is 1580. The van der Waals surface area contributed by atoms with E-state index in [9.17, 15) is 26.7 Å². The lowest BCUT2D eigenvalue weighted by Gasteiger charge is -2.20. The number of aromatic nitrogens is 1. The molecule has 1 heterocycles. The Labute approximate surface area is 216 Å². The van der Waals surface area contributed by atoms with Crippen LogP contribution in [0.2, 0.25) is 0 Å². The smallest absolute Gasteiger partial charge is 0.390 e. The molecule has 0 amide bonds. The summed E-state index contributed by atoms with van der Waals surface area (Å²) in [6.45, 7) is 6.94. The third kappa shape index (κ3) is 4.60. The van der Waals surface area contributed by atoms with Crippen molar-refractivity contribution >= 4 is 36.9 Å². The maximum absolute atomic E-state index is 14.0. The van der Waals surface area contributed by atoms with Gasteiger partial charge in [-0.05, 0) is 71.5 Å². The van der Waals surface area contributed by atoms with Crippen molar-refractivity contribution in [3.05, 3.63) is 87.5 Å². The fourth-order valence-corrected chi connectivity index (χ4v) is 6.42. The molecule has 0 aliphatic carbocycles. The summed E-state index contributed by atoms with van der Waals surface area (Å²) in [6.07, 6.45) is -4.62. The van der Waals surface area contributed by atoms with E-state index in [0.717, 1.165) is 32.2 Å². The number of halogens is 4. The number of rotatable bonds is 4. The molecule has 0 radical (unpaired) electrons. The van der Waals surface area contributed by atoms with Crippen molar-refractivity contribution in [2.75, 3.05) is 0 Å². The summed E-state index contributed by atoms with van der Waals surface area (Å²) in [5, 5.41) is 10.5. The SMILES string of the molecule is Cc1cc(Br)ccc1-c1c(CO)n(S(=O)(=O)c2cccc(C(C)(C)C)c2)c2ccc(C(F)(F)F)cc12. The first-order valence-electron chi connectivity index (χ1n) is 11.1. The Morgan fingerprint density at radius 3 is 2.22 bits per heavy atom. The van der Waals surface area contributed by atoms with Crippen LogP contribution in [0.4, 0.5) is 13.2 Å². The highest BCUT2D eigenvalue weighted by Crippen LogP contribution is 2.42. The van der Waals surface area contributed by atoms with E-state index in [1.165, 1.54) is 6.07 Å². The second kappa shape index (κ2) is 9.04. The quantitative estimate of drug-likeness (QED) is 0.273. The van der Waals surface area contributed by atoms with Gasteiger partial charge in [-0.15, -0.1) is 0 Å². The number of hydrogen-bond donors (Lipinski definition) is 1. The van der Waals surface area contributed by atoms with Gasteiger partial charge < -0.3 is 5.11 Å². The molecular weight excluding hydrogens is 555 g/mol. The molecule has 1 N–H and O–H groups in total. The van der Waals surface area contributed by atoms with Crippen molar-refractivity contribution in [3.63, 3.8) is 0 Å². The van der Waals surface area contributed by atoms with Gasteiger partial charge in [0.25, 0.3) is 10.0 Å². The maximum atomic E-state index is 14.0. The minimum atomic E-state index is -4.62. The van der Waals surface area contributed by atoms with E-state index >= 15 is 0 Å². The van der Waals surface area contributed by atoms with Crippen LogP contribution in [0.25, 0.3) is 22.0 Å². The number of benzene rings is 3. The average Bonchev–Trinajstić information content (AvgIpc) is 3.12. The first-order chi connectivity index (χ1) is 16.7. The lowest BCUT2D eigenvalue weighted by molar-refractivity contribution is -0.137. The van der Waals surface area contributed by atoms with E-state index in [-0.39, 0.29) is 32.5 Å². The van der Waals surface area contributed by atoms with Crippen molar-refractivity contribution in [2.45, 2.75) is 50.8 Å². The third-order valence-electron chi connectivity index (χ3n) is 6.19. The highest BCUT2D eigenvalue weighted by atomic mass is 79.9. The van der Waals surface area contributed by atoms with Crippen LogP contribution in [0.3, 0.4) is 0 Å². The van der Waals surface area contributed by atoms with Crippen molar-refractivity contribution in [2.24, 2.45) is 0 Å². The van der Waals surface area contributed by atoms with Crippen LogP contribution in [-0.2, 0) is 28.2 Å². The second-order valence-electron chi connectivity index (χ2n) is 9.72. The Kier molecular flexibility index (Phi) is 6.64. The van der Waals surface area contributed by atoms with Gasteiger partial charge in [-0.25, -0.2) is 12.4 Å². The molecule has 0 unspecified atom stereocenters. The normalized spacial score (nSPS) is 12.9. The molecule has 36 heavy (non-hydrogen) atoms. The molecule has 9 heteroatoms. The fraction of sp³-hybridized carbons (Fsp3) is 0.259. The van der Waals surface area contributed by atoms with Gasteiger partial charge in [-0.1, -0.05) is 54.9 Å². The molecule has 0 fully saturated rings. The van der Waals surface area contributed by atoms with Gasteiger partial charge in [0, 0.05) is 15.4 Å². The lowest BCUT2D eigenvalue weighted by Crippen LogP contribution is -2.18. The predicted molar refractivity (Wildman–Crippen MR) is 138 cm³/mol. The standard InChI is InChI=1S/C27H25BrF3NO3S/c1-16-12-19(28)9-10-21(16)25-22-14-18(27(29,30)31)8-11-23(22)32(24(25)15-33)36(34,35)20-7-5-6-17(13-20)26(2,3)4/h5-14,33H,15H2,1-4H3. The number of nitrogens with zero attached hydrogens (tertiary/aromatic N) is 1. The van der Waals surface area contributed by atoms with Crippen molar-refractivity contribution in [3.8, 4) is 11.1 Å². The Morgan fingerprint density at radius 1 is 0.944 bits per heavy atom. The van der Waals surface area contributed by atoms with Crippen molar-refractivity contribution in [1.29, 1.82) is 0 Å². The van der Waals surface area contributed by atoms with E-state index in [1.54, 1.807) is 37.3 Å². The summed E-state index contributed by atoms with van der Waals surface area (Å²) in [6, 6.07) is 14.7. The molecule has 0 saturated carbocycles. The summed E-state index contributed by atoms with van der Waals surface area (Å²) < 4.78 is 70.7. The van der Waals surface area contributed by atoms with Gasteiger partial charge >= 0.3 is 6.18 Å². The zero-order valence-corrected chi connectivity index (χ0v) is 22.5. The largest absolute Gasteiger partial charge is 0.416 e. The monoisotopic (exact) mass is 579 g/mol. The third-order valence-corrected chi connectivity index (χ3v) is 8.43. The molecule has 1 aromatic heterocycles. The minimum absolute atomic E-state index is 0.00379. The average molecular weight is 580 g/mol. The van der Waals surface area contributed by atoms with Gasteiger partial charge in [0.2, 0.25) is 0 Å². The molecule has 0 spiro atoms. The van der Waals surface area contributed by atoms with Gasteiger partial charge in [-0.3, -0.25) is 0 Å². The summed E-state index contributed by atoms with van der Waals surface area (Å²) in [5.74, 6) is 0. The molecule has 0 aliphatic rings. The highest BCUT2D eigenvalue weighted by molar-refractivity contribution is 9.10. The molecule has 4 nitrogen and oxygen atoms in total. The Hall–Kier alpha value is -2.62. The van der Waals surface area contributed by atoms with E-state index < -0.39 is 28.4 Å². The second-order valence-corrected chi connectivity index (χ2v) is 12.4. The molecular formula is C27H25BrF3NO3S. The molecule has 0 atom stereocenters. The summed E-state index contributed by atoms with van der Waals surface area (Å²) >= 11 is 3.38. The maximum Gasteiger partial charge on any atom is 0.416 e. The molecule has 4 aromatic rings. The zero-order valence-electron chi connectivity index (χ0n) is 20.1. The molecule has 4 rings (SSSR count). The lowest BCUT2D eigenvalue weighted by atomic mass is 9.87. The molecule has 0 saturated heterocycles. The number of aryl methyl sites for hydroxylation is 1. The van der Waals surface area contributed by atoms with Crippen LogP contribution in [0.5, 0.6) is 0 Å². The molecule has 0 aliphatic heterocycles. The number of aliphatic hydroxyl groups is 1. The van der Waals surface area contributed by atoms with Crippen molar-refractivity contribution < 1.29 is 26.7 Å². The van der Waals surface area contributed by atoms with E-state index in [0.29, 0.717) is 11.1 Å². The van der Waals surface area contributed by atoms with Crippen LogP contribution >= 0.6 is 15.9 Å². The van der Waals surface area contributed by atoms with Crippen LogP contribution in [0.1, 0.15) is 43.2 Å². The fourth-order valence-electron chi connectivity index (χ4n) is 4.35. The zero-order chi connectivity index (χ0) is 26.6. The molecule has 0 bridgehead atoms. The summed E-state index contributed by atoms with van der Waals surface area (Å²) in [7, 11) is -4.28. The van der Waals surface area contributed by atoms with Crippen LogP contribution in [0.15, 0.2) is 70.0 Å². The Morgan fingerprint density at radius 2 is 1.64 bits per heavy atom. The van der Waals surface area contributed by atoms with Crippen LogP contribution in [0, 0.1) is 6.92 Å². The molecule has 3 aromatic carbocycles. The van der Waals surface area contributed by atoms with Gasteiger partial charge in [0.1, 0.15) is 0 Å². The van der Waals surface area contributed by atoms with Gasteiger partial charge in [0.05, 0.1) is 28.3 Å². The van der Waals surface area contributed by atoms with E-state index in [4.69, 9.17) is 0 Å². The number of alkyl halides is 3. The van der Waals surface area contributed by atoms with Gasteiger partial charge in [0.15, 0.2) is 0 Å². The highest BCUT2D eigenvalue weighted by Gasteiger charge is 2.34. The Balaban J connectivity index is 2.13. The van der Waals surface area contributed by atoms with Crippen LogP contribution in [-0.4, -0.2) is 17.5 Å². The number of fused-ring (bicyclic) bond motifs is 1. The minimum Gasteiger partial charge on any atom is -0.390 e. The topological polar surface area (TPSA) is 59.3 Å². The van der Waals surface area contributed by atoms with Crippen LogP contribution < -0.4 is 0 Å². The molecule has 190 valence electrons. The van der Waals surface area contributed by atoms with Crippen molar-refractivity contribution in [1.82, 2.24) is 3.97 Å². The van der Waals surface area contributed by atoms with Gasteiger partial charge in [-0.2, -0.15) is 13.2 Å². The number of aliphatic hydroxyl groups excluding tert-OH is 1. The summed E-state index contributed by atoms with van der Waals surface area (Å²) in [4.78, 5) is -0.0134. The first kappa shape index (κ1) is 26.4. The van der Waals surface area contributed by atoms with E-state index in [2.05, 4.69) is 15.9 Å². The first-order valence-corrected chi connectivity index (χ1v) is 13.4.